The Balaban J connectivity index is 1.43. The van der Waals surface area contributed by atoms with Crippen molar-refractivity contribution in [3.63, 3.8) is 0 Å². The summed E-state index contributed by atoms with van der Waals surface area (Å²) < 4.78 is 18.3. The van der Waals surface area contributed by atoms with Crippen LogP contribution in [-0.2, 0) is 6.54 Å². The molecule has 1 saturated heterocycles. The van der Waals surface area contributed by atoms with E-state index in [9.17, 15) is 14.0 Å². The maximum atomic E-state index is 13.1. The van der Waals surface area contributed by atoms with Crippen molar-refractivity contribution in [1.29, 1.82) is 0 Å². The van der Waals surface area contributed by atoms with Crippen LogP contribution in [0.2, 0.25) is 0 Å². The van der Waals surface area contributed by atoms with Gasteiger partial charge in [0.15, 0.2) is 0 Å². The van der Waals surface area contributed by atoms with Gasteiger partial charge in [-0.05, 0) is 73.8 Å². The third-order valence-electron chi connectivity index (χ3n) is 5.69. The molecule has 7 heteroatoms. The molecule has 2 heterocycles. The van der Waals surface area contributed by atoms with E-state index in [4.69, 9.17) is 4.74 Å². The first-order chi connectivity index (χ1) is 14.5. The first kappa shape index (κ1) is 20.1. The lowest BCUT2D eigenvalue weighted by Crippen LogP contribution is -2.33. The number of hydrogen-bond donors (Lipinski definition) is 2. The van der Waals surface area contributed by atoms with Gasteiger partial charge in [-0.25, -0.2) is 9.18 Å². The zero-order valence-corrected chi connectivity index (χ0v) is 16.8. The highest BCUT2D eigenvalue weighted by molar-refractivity contribution is 6.08. The first-order valence-corrected chi connectivity index (χ1v) is 10.0. The summed E-state index contributed by atoms with van der Waals surface area (Å²) in [4.78, 5) is 32.5. The van der Waals surface area contributed by atoms with Crippen molar-refractivity contribution in [2.75, 3.05) is 20.2 Å². The molecule has 0 aliphatic carbocycles. The topological polar surface area (TPSA) is 78.2 Å². The smallest absolute Gasteiger partial charge is 0.323 e. The number of carbonyl (C=O) groups is 1. The van der Waals surface area contributed by atoms with Crippen LogP contribution in [0.3, 0.4) is 0 Å². The predicted octanol–water partition coefficient (Wildman–Crippen LogP) is 3.46. The van der Waals surface area contributed by atoms with E-state index in [0.717, 1.165) is 31.5 Å². The molecule has 0 spiro atoms. The molecule has 0 atom stereocenters. The van der Waals surface area contributed by atoms with E-state index in [1.165, 1.54) is 12.1 Å². The van der Waals surface area contributed by atoms with Crippen LogP contribution in [0.15, 0.2) is 53.3 Å². The van der Waals surface area contributed by atoms with Crippen LogP contribution in [0.4, 0.5) is 4.39 Å². The highest BCUT2D eigenvalue weighted by Crippen LogP contribution is 2.29. The molecule has 6 nitrogen and oxygen atoms in total. The summed E-state index contributed by atoms with van der Waals surface area (Å²) in [5.74, 6) is 0.611. The fourth-order valence-corrected chi connectivity index (χ4v) is 4.00. The molecule has 0 bridgehead atoms. The summed E-state index contributed by atoms with van der Waals surface area (Å²) in [6.45, 7) is 2.17. The highest BCUT2D eigenvalue weighted by atomic mass is 19.1. The number of hydrogen-bond acceptors (Lipinski definition) is 4. The molecular formula is C23H24FN3O3. The van der Waals surface area contributed by atoms with Gasteiger partial charge in [0.1, 0.15) is 17.3 Å². The molecular weight excluding hydrogens is 385 g/mol. The SMILES string of the molecule is COc1ccc(C(=O)c2[nH]c(=O)[nH]c2CN2CCC(c3ccc(F)cc3)CC2)cc1. The zero-order valence-electron chi connectivity index (χ0n) is 16.8. The van der Waals surface area contributed by atoms with Gasteiger partial charge in [-0.3, -0.25) is 9.69 Å². The molecule has 0 amide bonds. The second-order valence-corrected chi connectivity index (χ2v) is 7.59. The maximum absolute atomic E-state index is 13.1. The third-order valence-corrected chi connectivity index (χ3v) is 5.69. The zero-order chi connectivity index (χ0) is 21.1. The number of ketones is 1. The van der Waals surface area contributed by atoms with Crippen molar-refractivity contribution in [3.8, 4) is 5.75 Å². The number of imidazole rings is 1. The molecule has 3 aromatic rings. The van der Waals surface area contributed by atoms with Crippen LogP contribution < -0.4 is 10.4 Å². The van der Waals surface area contributed by atoms with Crippen LogP contribution in [0.1, 0.15) is 46.1 Å². The van der Waals surface area contributed by atoms with Crippen LogP contribution in [0.25, 0.3) is 0 Å². The lowest BCUT2D eigenvalue weighted by Gasteiger charge is -2.32. The van der Waals surface area contributed by atoms with Crippen LogP contribution in [-0.4, -0.2) is 40.9 Å². The number of nitrogens with one attached hydrogen (secondary N) is 2. The summed E-state index contributed by atoms with van der Waals surface area (Å²) in [5, 5.41) is 0. The molecule has 2 aromatic carbocycles. The van der Waals surface area contributed by atoms with Gasteiger partial charge in [-0.1, -0.05) is 12.1 Å². The van der Waals surface area contributed by atoms with Crippen LogP contribution >= 0.6 is 0 Å². The number of piperidine rings is 1. The summed E-state index contributed by atoms with van der Waals surface area (Å²) in [6.07, 6.45) is 1.89. The molecule has 1 aromatic heterocycles. The van der Waals surface area contributed by atoms with Crippen molar-refractivity contribution in [2.45, 2.75) is 25.3 Å². The van der Waals surface area contributed by atoms with E-state index >= 15 is 0 Å². The number of methoxy groups -OCH3 is 1. The second-order valence-electron chi connectivity index (χ2n) is 7.59. The van der Waals surface area contributed by atoms with Gasteiger partial charge in [0, 0.05) is 12.1 Å². The summed E-state index contributed by atoms with van der Waals surface area (Å²) in [7, 11) is 1.57. The molecule has 156 valence electrons. The van der Waals surface area contributed by atoms with Gasteiger partial charge in [-0.2, -0.15) is 0 Å². The van der Waals surface area contributed by atoms with Gasteiger partial charge in [0.2, 0.25) is 5.78 Å². The maximum Gasteiger partial charge on any atom is 0.323 e. The van der Waals surface area contributed by atoms with Crippen molar-refractivity contribution in [1.82, 2.24) is 14.9 Å². The molecule has 0 unspecified atom stereocenters. The third kappa shape index (κ3) is 4.36. The summed E-state index contributed by atoms with van der Waals surface area (Å²) in [5.41, 5.74) is 2.15. The quantitative estimate of drug-likeness (QED) is 0.611. The Labute approximate surface area is 173 Å². The molecule has 1 aliphatic rings. The lowest BCUT2D eigenvalue weighted by atomic mass is 9.89. The standard InChI is InChI=1S/C23H24FN3O3/c1-30-19-8-4-17(5-9-19)22(28)21-20(25-23(29)26-21)14-27-12-10-16(11-13-27)15-2-6-18(24)7-3-15/h2-9,16H,10-14H2,1H3,(H2,25,26,29). The van der Waals surface area contributed by atoms with Gasteiger partial charge >= 0.3 is 5.69 Å². The van der Waals surface area contributed by atoms with E-state index in [-0.39, 0.29) is 17.3 Å². The summed E-state index contributed by atoms with van der Waals surface area (Å²) in [6, 6.07) is 13.5. The lowest BCUT2D eigenvalue weighted by molar-refractivity contribution is 0.103. The minimum Gasteiger partial charge on any atom is -0.497 e. The second kappa shape index (κ2) is 8.67. The number of rotatable bonds is 6. The molecule has 30 heavy (non-hydrogen) atoms. The van der Waals surface area contributed by atoms with E-state index in [0.29, 0.717) is 35.2 Å². The average molecular weight is 409 g/mol. The minimum absolute atomic E-state index is 0.221. The Hall–Kier alpha value is -3.19. The number of benzene rings is 2. The summed E-state index contributed by atoms with van der Waals surface area (Å²) >= 11 is 0. The van der Waals surface area contributed by atoms with Crippen LogP contribution in [0, 0.1) is 5.82 Å². The fraction of sp³-hybridized carbons (Fsp3) is 0.304. The van der Waals surface area contributed by atoms with Crippen molar-refractivity contribution < 1.29 is 13.9 Å². The van der Waals surface area contributed by atoms with Crippen molar-refractivity contribution >= 4 is 5.78 Å². The Bertz CT molecular complexity index is 1060. The van der Waals surface area contributed by atoms with Gasteiger partial charge in [-0.15, -0.1) is 0 Å². The molecule has 0 radical (unpaired) electrons. The fourth-order valence-electron chi connectivity index (χ4n) is 4.00. The van der Waals surface area contributed by atoms with Crippen molar-refractivity contribution in [2.24, 2.45) is 0 Å². The molecule has 0 saturated carbocycles. The predicted molar refractivity (Wildman–Crippen MR) is 111 cm³/mol. The molecule has 2 N–H and O–H groups in total. The van der Waals surface area contributed by atoms with Crippen LogP contribution in [0.5, 0.6) is 5.75 Å². The van der Waals surface area contributed by atoms with Gasteiger partial charge < -0.3 is 14.7 Å². The Morgan fingerprint density at radius 2 is 1.73 bits per heavy atom. The normalized spacial score (nSPS) is 15.3. The number of ether oxygens (including phenoxy) is 1. The molecule has 4 rings (SSSR count). The van der Waals surface area contributed by atoms with Crippen molar-refractivity contribution in [3.05, 3.63) is 87.3 Å². The number of aromatic nitrogens is 2. The van der Waals surface area contributed by atoms with E-state index in [2.05, 4.69) is 14.9 Å². The number of carbonyl (C=O) groups excluding carboxylic acids is 1. The van der Waals surface area contributed by atoms with E-state index in [1.807, 2.05) is 12.1 Å². The minimum atomic E-state index is -0.386. The first-order valence-electron chi connectivity index (χ1n) is 10.0. The Kier molecular flexibility index (Phi) is 5.81. The Morgan fingerprint density at radius 1 is 1.07 bits per heavy atom. The van der Waals surface area contributed by atoms with Gasteiger partial charge in [0.05, 0.1) is 12.8 Å². The average Bonchev–Trinajstić information content (AvgIpc) is 3.14. The number of H-pyrrole nitrogens is 2. The Morgan fingerprint density at radius 3 is 2.37 bits per heavy atom. The largest absolute Gasteiger partial charge is 0.497 e. The van der Waals surface area contributed by atoms with E-state index in [1.54, 1.807) is 31.4 Å². The number of nitrogens with zero attached hydrogens (tertiary/aromatic N) is 1. The number of halogens is 1. The molecule has 1 aliphatic heterocycles. The molecule has 1 fully saturated rings. The monoisotopic (exact) mass is 409 g/mol. The van der Waals surface area contributed by atoms with Gasteiger partial charge in [0.25, 0.3) is 0 Å². The highest BCUT2D eigenvalue weighted by Gasteiger charge is 2.24. The van der Waals surface area contributed by atoms with E-state index < -0.39 is 0 Å². The number of aromatic amines is 2. The number of likely N-dealkylation sites (tertiary alicyclic amines) is 1.